The lowest BCUT2D eigenvalue weighted by molar-refractivity contribution is 0.484. The number of hydrogen-bond donors (Lipinski definition) is 0. The minimum atomic E-state index is -0.0156. The Labute approximate surface area is 160 Å². The monoisotopic (exact) mass is 442 g/mol. The highest BCUT2D eigenvalue weighted by Crippen LogP contribution is 2.51. The summed E-state index contributed by atoms with van der Waals surface area (Å²) in [5, 5.41) is 0.684. The van der Waals surface area contributed by atoms with Crippen LogP contribution in [0.1, 0.15) is 0 Å². The van der Waals surface area contributed by atoms with Gasteiger partial charge in [-0.2, -0.15) is 0 Å². The number of rotatable bonds is 2. The number of benzene rings is 2. The molecule has 0 saturated carbocycles. The molecule has 2 aromatic rings. The highest BCUT2D eigenvalue weighted by Gasteiger charge is 2.22. The predicted molar refractivity (Wildman–Crippen MR) is 93.0 cm³/mol. The minimum absolute atomic E-state index is 0.00365. The van der Waals surface area contributed by atoms with Crippen molar-refractivity contribution < 1.29 is 4.74 Å². The first-order valence-corrected chi connectivity index (χ1v) is 8.10. The Morgan fingerprint density at radius 3 is 1.33 bits per heavy atom. The molecular formula is C12H2Cl8O. The third-order valence-electron chi connectivity index (χ3n) is 2.34. The maximum atomic E-state index is 6.06. The van der Waals surface area contributed by atoms with Crippen molar-refractivity contribution in [1.29, 1.82) is 0 Å². The summed E-state index contributed by atoms with van der Waals surface area (Å²) in [6.45, 7) is 0. The second-order valence-electron chi connectivity index (χ2n) is 3.70. The van der Waals surface area contributed by atoms with E-state index >= 15 is 0 Å². The lowest BCUT2D eigenvalue weighted by Crippen LogP contribution is -1.91. The van der Waals surface area contributed by atoms with Gasteiger partial charge in [-0.1, -0.05) is 92.8 Å². The first-order chi connectivity index (χ1) is 9.73. The van der Waals surface area contributed by atoms with Crippen LogP contribution in [-0.4, -0.2) is 0 Å². The van der Waals surface area contributed by atoms with Gasteiger partial charge in [0, 0.05) is 5.02 Å². The van der Waals surface area contributed by atoms with Gasteiger partial charge in [-0.05, 0) is 12.1 Å². The van der Waals surface area contributed by atoms with Crippen molar-refractivity contribution in [3.05, 3.63) is 52.3 Å². The number of ether oxygens (including phenoxy) is 1. The maximum absolute atomic E-state index is 6.06. The fourth-order valence-electron chi connectivity index (χ4n) is 1.40. The molecule has 9 heteroatoms. The summed E-state index contributed by atoms with van der Waals surface area (Å²) in [5.74, 6) is 0.102. The minimum Gasteiger partial charge on any atom is -0.451 e. The average Bonchev–Trinajstić information content (AvgIpc) is 2.41. The first-order valence-electron chi connectivity index (χ1n) is 5.07. The Morgan fingerprint density at radius 2 is 0.905 bits per heavy atom. The maximum Gasteiger partial charge on any atom is 0.167 e. The molecule has 0 aliphatic carbocycles. The van der Waals surface area contributed by atoms with Gasteiger partial charge in [0.1, 0.15) is 10.0 Å². The van der Waals surface area contributed by atoms with E-state index in [1.165, 1.54) is 12.1 Å². The van der Waals surface area contributed by atoms with Gasteiger partial charge in [0.25, 0.3) is 0 Å². The van der Waals surface area contributed by atoms with Crippen LogP contribution in [0.4, 0.5) is 0 Å². The van der Waals surface area contributed by atoms with Crippen molar-refractivity contribution >= 4 is 92.8 Å². The van der Waals surface area contributed by atoms with Crippen molar-refractivity contribution in [2.45, 2.75) is 0 Å². The van der Waals surface area contributed by atoms with E-state index in [9.17, 15) is 0 Å². The van der Waals surface area contributed by atoms with Crippen LogP contribution < -0.4 is 4.74 Å². The lowest BCUT2D eigenvalue weighted by atomic mass is 10.3. The first kappa shape index (κ1) is 17.9. The van der Waals surface area contributed by atoms with E-state index in [0.29, 0.717) is 5.02 Å². The molecule has 0 heterocycles. The van der Waals surface area contributed by atoms with E-state index in [2.05, 4.69) is 0 Å². The van der Waals surface area contributed by atoms with Crippen LogP contribution in [0.2, 0.25) is 40.2 Å². The molecule has 112 valence electrons. The van der Waals surface area contributed by atoms with Gasteiger partial charge in [0.15, 0.2) is 11.5 Å². The van der Waals surface area contributed by atoms with Crippen LogP contribution in [0.3, 0.4) is 0 Å². The molecule has 0 aliphatic heterocycles. The zero-order valence-corrected chi connectivity index (χ0v) is 15.6. The standard InChI is InChI=1S/C12H2Cl8O/c13-3-1-4(14)11(5(15)2-3)21-12-9(19)7(17)6(16)8(18)10(12)20/h1-2H. The normalized spacial score (nSPS) is 10.9. The van der Waals surface area contributed by atoms with E-state index in [-0.39, 0.29) is 46.7 Å². The third-order valence-corrected chi connectivity index (χ3v) is 5.36. The molecule has 0 fully saturated rings. The van der Waals surface area contributed by atoms with Crippen LogP contribution in [0.25, 0.3) is 0 Å². The van der Waals surface area contributed by atoms with Gasteiger partial charge < -0.3 is 4.74 Å². The summed E-state index contributed by atoms with van der Waals surface area (Å²) in [7, 11) is 0. The van der Waals surface area contributed by atoms with Gasteiger partial charge in [-0.25, -0.2) is 0 Å². The molecule has 0 bridgehead atoms. The van der Waals surface area contributed by atoms with Crippen molar-refractivity contribution in [3.8, 4) is 11.5 Å². The van der Waals surface area contributed by atoms with E-state index in [1.54, 1.807) is 0 Å². The Bertz CT molecular complexity index is 676. The molecule has 0 radical (unpaired) electrons. The van der Waals surface area contributed by atoms with E-state index in [1.807, 2.05) is 0 Å². The lowest BCUT2D eigenvalue weighted by Gasteiger charge is -2.15. The third kappa shape index (κ3) is 3.57. The molecule has 0 saturated heterocycles. The Kier molecular flexibility index (Phi) is 5.96. The van der Waals surface area contributed by atoms with Crippen LogP contribution in [-0.2, 0) is 0 Å². The van der Waals surface area contributed by atoms with Gasteiger partial charge in [-0.15, -0.1) is 0 Å². The van der Waals surface area contributed by atoms with E-state index in [0.717, 1.165) is 0 Å². The average molecular weight is 446 g/mol. The second-order valence-corrected chi connectivity index (χ2v) is 6.84. The number of halogens is 8. The van der Waals surface area contributed by atoms with Gasteiger partial charge in [0.2, 0.25) is 0 Å². The van der Waals surface area contributed by atoms with Gasteiger partial charge in [-0.3, -0.25) is 0 Å². The molecule has 21 heavy (non-hydrogen) atoms. The van der Waals surface area contributed by atoms with Crippen molar-refractivity contribution in [1.82, 2.24) is 0 Å². The van der Waals surface area contributed by atoms with Crippen molar-refractivity contribution in [3.63, 3.8) is 0 Å². The Balaban J connectivity index is 2.61. The molecule has 0 N–H and O–H groups in total. The van der Waals surface area contributed by atoms with Crippen LogP contribution >= 0.6 is 92.8 Å². The molecular weight excluding hydrogens is 444 g/mol. The zero-order valence-electron chi connectivity index (χ0n) is 9.59. The summed E-state index contributed by atoms with van der Waals surface area (Å²) in [4.78, 5) is 0. The van der Waals surface area contributed by atoms with Gasteiger partial charge >= 0.3 is 0 Å². The van der Waals surface area contributed by atoms with E-state index < -0.39 is 0 Å². The topological polar surface area (TPSA) is 9.23 Å². The summed E-state index contributed by atoms with van der Waals surface area (Å²) in [6, 6.07) is 2.90. The van der Waals surface area contributed by atoms with Gasteiger partial charge in [0.05, 0.1) is 25.1 Å². The largest absolute Gasteiger partial charge is 0.451 e. The zero-order chi connectivity index (χ0) is 15.9. The van der Waals surface area contributed by atoms with E-state index in [4.69, 9.17) is 97.5 Å². The quantitative estimate of drug-likeness (QED) is 0.332. The molecule has 0 spiro atoms. The fraction of sp³-hybridized carbons (Fsp3) is 0. The molecule has 0 unspecified atom stereocenters. The summed E-state index contributed by atoms with van der Waals surface area (Å²) < 4.78 is 5.56. The summed E-state index contributed by atoms with van der Waals surface area (Å²) >= 11 is 47.8. The van der Waals surface area contributed by atoms with Crippen molar-refractivity contribution in [2.24, 2.45) is 0 Å². The predicted octanol–water partition coefficient (Wildman–Crippen LogP) is 8.71. The fourth-order valence-corrected chi connectivity index (χ4v) is 3.50. The molecule has 0 aromatic heterocycles. The summed E-state index contributed by atoms with van der Waals surface area (Å²) in [5.41, 5.74) is 0. The molecule has 2 aromatic carbocycles. The van der Waals surface area contributed by atoms with Crippen molar-refractivity contribution in [2.75, 3.05) is 0 Å². The smallest absolute Gasteiger partial charge is 0.167 e. The Morgan fingerprint density at radius 1 is 0.524 bits per heavy atom. The van der Waals surface area contributed by atoms with Crippen LogP contribution in [0.5, 0.6) is 11.5 Å². The summed E-state index contributed by atoms with van der Waals surface area (Å²) in [6.07, 6.45) is 0. The van der Waals surface area contributed by atoms with Crippen LogP contribution in [0.15, 0.2) is 12.1 Å². The molecule has 1 nitrogen and oxygen atoms in total. The second kappa shape index (κ2) is 6.98. The molecule has 0 aliphatic rings. The molecule has 2 rings (SSSR count). The SMILES string of the molecule is Clc1cc(Cl)c(Oc2c(Cl)c(Cl)c(Cl)c(Cl)c2Cl)c(Cl)c1. The van der Waals surface area contributed by atoms with Crippen LogP contribution in [0, 0.1) is 0 Å². The highest BCUT2D eigenvalue weighted by atomic mass is 35.5. The number of hydrogen-bond acceptors (Lipinski definition) is 1. The Hall–Kier alpha value is 0.560. The molecule has 0 amide bonds. The highest BCUT2D eigenvalue weighted by molar-refractivity contribution is 6.55. The molecule has 0 atom stereocenters.